The maximum absolute atomic E-state index is 13.6. The van der Waals surface area contributed by atoms with Gasteiger partial charge in [-0.1, -0.05) is 0 Å². The summed E-state index contributed by atoms with van der Waals surface area (Å²) in [4.78, 5) is 14.0. The number of nitrogens with zero attached hydrogens (tertiary/aromatic N) is 1. The van der Waals surface area contributed by atoms with Crippen molar-refractivity contribution < 1.29 is 33.3 Å². The Balaban J connectivity index is 1.59. The monoisotopic (exact) mass is 387 g/mol. The zero-order valence-corrected chi connectivity index (χ0v) is 14.6. The molecule has 2 saturated heterocycles. The lowest BCUT2D eigenvalue weighted by molar-refractivity contribution is -0.0214. The molecule has 10 heteroatoms. The molecule has 0 unspecified atom stereocenters. The summed E-state index contributed by atoms with van der Waals surface area (Å²) in [5, 5.41) is 24.7. The van der Waals surface area contributed by atoms with Crippen LogP contribution >= 0.6 is 0 Å². The molecule has 8 nitrogen and oxygen atoms in total. The molecule has 4 N–H and O–H groups in total. The van der Waals surface area contributed by atoms with Crippen LogP contribution in [0.25, 0.3) is 0 Å². The van der Waals surface area contributed by atoms with Crippen molar-refractivity contribution in [1.82, 2.24) is 10.2 Å². The molecule has 150 valence electrons. The van der Waals surface area contributed by atoms with Crippen LogP contribution in [0.5, 0.6) is 0 Å². The first-order valence-electron chi connectivity index (χ1n) is 8.75. The van der Waals surface area contributed by atoms with Crippen molar-refractivity contribution in [3.8, 4) is 0 Å². The Morgan fingerprint density at radius 1 is 1.26 bits per heavy atom. The summed E-state index contributed by atoms with van der Waals surface area (Å²) in [5.41, 5.74) is -0.153. The molecule has 27 heavy (non-hydrogen) atoms. The van der Waals surface area contributed by atoms with Gasteiger partial charge in [0.25, 0.3) is 0 Å². The quantitative estimate of drug-likeness (QED) is 0.563. The molecule has 1 aromatic rings. The summed E-state index contributed by atoms with van der Waals surface area (Å²) in [6.45, 7) is 1.96. The molecular formula is C17H23F2N3O5. The zero-order chi connectivity index (χ0) is 19.4. The highest BCUT2D eigenvalue weighted by molar-refractivity contribution is 5.89. The van der Waals surface area contributed by atoms with Crippen LogP contribution in [-0.2, 0) is 9.47 Å². The fourth-order valence-electron chi connectivity index (χ4n) is 3.42. The number of hydrogen-bond acceptors (Lipinski definition) is 6. The van der Waals surface area contributed by atoms with Crippen LogP contribution in [-0.4, -0.2) is 85.0 Å². The molecule has 0 aliphatic carbocycles. The van der Waals surface area contributed by atoms with Crippen molar-refractivity contribution in [3.63, 3.8) is 0 Å². The van der Waals surface area contributed by atoms with Gasteiger partial charge >= 0.3 is 6.03 Å². The van der Waals surface area contributed by atoms with Crippen LogP contribution < -0.4 is 10.6 Å². The van der Waals surface area contributed by atoms with Crippen LogP contribution in [0.3, 0.4) is 0 Å². The van der Waals surface area contributed by atoms with Crippen molar-refractivity contribution in [2.24, 2.45) is 0 Å². The minimum absolute atomic E-state index is 0.0459. The Labute approximate surface area is 155 Å². The second-order valence-corrected chi connectivity index (χ2v) is 6.48. The number of benzene rings is 1. The number of ether oxygens (including phenoxy) is 2. The van der Waals surface area contributed by atoms with Gasteiger partial charge < -0.3 is 30.3 Å². The Morgan fingerprint density at radius 2 is 2.00 bits per heavy atom. The summed E-state index contributed by atoms with van der Waals surface area (Å²) in [6, 6.07) is 1.74. The fourth-order valence-corrected chi connectivity index (χ4v) is 3.42. The van der Waals surface area contributed by atoms with Gasteiger partial charge in [-0.15, -0.1) is 0 Å². The van der Waals surface area contributed by atoms with Crippen LogP contribution in [0.2, 0.25) is 0 Å². The number of carbonyl (C=O) groups is 1. The fraction of sp³-hybridized carbons (Fsp3) is 0.588. The molecule has 4 atom stereocenters. The number of hydrogen-bond donors (Lipinski definition) is 4. The number of amides is 2. The highest BCUT2D eigenvalue weighted by Gasteiger charge is 2.46. The maximum Gasteiger partial charge on any atom is 0.319 e. The van der Waals surface area contributed by atoms with Gasteiger partial charge in [0.05, 0.1) is 37.7 Å². The van der Waals surface area contributed by atoms with Crippen molar-refractivity contribution in [2.45, 2.75) is 24.4 Å². The molecule has 2 aliphatic rings. The van der Waals surface area contributed by atoms with Gasteiger partial charge in [0.15, 0.2) is 0 Å². The first-order valence-corrected chi connectivity index (χ1v) is 8.75. The Kier molecular flexibility index (Phi) is 6.55. The average molecular weight is 387 g/mol. The van der Waals surface area contributed by atoms with E-state index in [0.29, 0.717) is 32.4 Å². The lowest BCUT2D eigenvalue weighted by Crippen LogP contribution is -2.54. The smallest absolute Gasteiger partial charge is 0.319 e. The molecule has 1 aromatic carbocycles. The van der Waals surface area contributed by atoms with Gasteiger partial charge in [-0.2, -0.15) is 0 Å². The average Bonchev–Trinajstić information content (AvgIpc) is 2.98. The highest BCUT2D eigenvalue weighted by atomic mass is 19.1. The van der Waals surface area contributed by atoms with E-state index in [1.807, 2.05) is 4.90 Å². The molecule has 3 rings (SSSR count). The number of aliphatic hydroxyl groups excluding tert-OH is 2. The minimum Gasteiger partial charge on any atom is -0.394 e. The molecule has 2 aliphatic heterocycles. The van der Waals surface area contributed by atoms with E-state index in [-0.39, 0.29) is 18.8 Å². The summed E-state index contributed by atoms with van der Waals surface area (Å²) in [7, 11) is 0. The van der Waals surface area contributed by atoms with E-state index < -0.39 is 42.0 Å². The van der Waals surface area contributed by atoms with Crippen molar-refractivity contribution >= 4 is 11.7 Å². The van der Waals surface area contributed by atoms with Gasteiger partial charge in [-0.25, -0.2) is 13.6 Å². The van der Waals surface area contributed by atoms with Crippen LogP contribution in [0.1, 0.15) is 0 Å². The third kappa shape index (κ3) is 4.71. The summed E-state index contributed by atoms with van der Waals surface area (Å²) >= 11 is 0. The van der Waals surface area contributed by atoms with Crippen molar-refractivity contribution in [1.29, 1.82) is 0 Å². The largest absolute Gasteiger partial charge is 0.394 e. The molecule has 0 aromatic heterocycles. The van der Waals surface area contributed by atoms with Crippen molar-refractivity contribution in [2.75, 3.05) is 44.8 Å². The molecule has 0 radical (unpaired) electrons. The zero-order valence-electron chi connectivity index (χ0n) is 14.6. The lowest BCUT2D eigenvalue weighted by Gasteiger charge is -2.36. The molecule has 0 saturated carbocycles. The molecular weight excluding hydrogens is 364 g/mol. The number of anilines is 1. The number of carbonyl (C=O) groups excluding carboxylic acids is 1. The highest BCUT2D eigenvalue weighted by Crippen LogP contribution is 2.26. The number of rotatable bonds is 5. The number of nitrogens with one attached hydrogen (secondary N) is 2. The summed E-state index contributed by atoms with van der Waals surface area (Å²) < 4.78 is 37.5. The molecule has 2 fully saturated rings. The summed E-state index contributed by atoms with van der Waals surface area (Å²) in [5.74, 6) is -1.63. The Morgan fingerprint density at radius 3 is 2.67 bits per heavy atom. The van der Waals surface area contributed by atoms with Gasteiger partial charge in [0.2, 0.25) is 0 Å². The van der Waals surface area contributed by atoms with E-state index in [4.69, 9.17) is 9.47 Å². The second kappa shape index (κ2) is 8.89. The van der Waals surface area contributed by atoms with Crippen molar-refractivity contribution in [3.05, 3.63) is 29.8 Å². The molecule has 2 heterocycles. The van der Waals surface area contributed by atoms with Gasteiger partial charge in [-0.3, -0.25) is 4.90 Å². The van der Waals surface area contributed by atoms with Crippen LogP contribution in [0.4, 0.5) is 19.3 Å². The normalized spacial score (nSPS) is 28.9. The predicted molar refractivity (Wildman–Crippen MR) is 91.3 cm³/mol. The first-order chi connectivity index (χ1) is 13.0. The first kappa shape index (κ1) is 19.9. The number of halogens is 2. The molecule has 2 amide bonds. The van der Waals surface area contributed by atoms with E-state index >= 15 is 0 Å². The van der Waals surface area contributed by atoms with Crippen LogP contribution in [0, 0.1) is 11.6 Å². The standard InChI is InChI=1S/C17H23F2N3O5/c18-10-1-2-12(11(19)7-10)21-17(25)20-8-13-15(16(24)14(9-23)27-13)22-3-5-26-6-4-22/h1-2,7,13-16,23-24H,3-6,8-9H2,(H2,20,21,25)/t13-,14-,15-,16+/m0/s1. The lowest BCUT2D eigenvalue weighted by atomic mass is 10.0. The number of urea groups is 1. The maximum atomic E-state index is 13.6. The van der Waals surface area contributed by atoms with E-state index in [2.05, 4.69) is 10.6 Å². The van der Waals surface area contributed by atoms with Gasteiger partial charge in [0, 0.05) is 25.7 Å². The number of morpholine rings is 1. The van der Waals surface area contributed by atoms with E-state index in [0.717, 1.165) is 12.1 Å². The van der Waals surface area contributed by atoms with Gasteiger partial charge in [-0.05, 0) is 12.1 Å². The molecule has 0 bridgehead atoms. The number of aliphatic hydroxyl groups is 2. The Hall–Kier alpha value is -1.85. The second-order valence-electron chi connectivity index (χ2n) is 6.48. The molecule has 0 spiro atoms. The van der Waals surface area contributed by atoms with E-state index in [1.165, 1.54) is 0 Å². The summed E-state index contributed by atoms with van der Waals surface area (Å²) in [6.07, 6.45) is -2.21. The van der Waals surface area contributed by atoms with Crippen LogP contribution in [0.15, 0.2) is 18.2 Å². The van der Waals surface area contributed by atoms with E-state index in [9.17, 15) is 23.8 Å². The topological polar surface area (TPSA) is 103 Å². The SMILES string of the molecule is O=C(NC[C@@H]1O[C@@H](CO)[C@@H](O)[C@H]1N1CCOCC1)Nc1ccc(F)cc1F. The van der Waals surface area contributed by atoms with E-state index in [1.54, 1.807) is 0 Å². The third-order valence-corrected chi connectivity index (χ3v) is 4.75. The van der Waals surface area contributed by atoms with Gasteiger partial charge in [0.1, 0.15) is 23.8 Å². The minimum atomic E-state index is -0.905. The third-order valence-electron chi connectivity index (χ3n) is 4.75. The predicted octanol–water partition coefficient (Wildman–Crippen LogP) is -0.0923. The Bertz CT molecular complexity index is 659.